The van der Waals surface area contributed by atoms with Crippen LogP contribution in [0, 0.1) is 0 Å². The van der Waals surface area contributed by atoms with Crippen molar-refractivity contribution >= 4 is 45.4 Å². The Hall–Kier alpha value is -0.230. The van der Waals surface area contributed by atoms with Gasteiger partial charge in [-0.3, -0.25) is 4.98 Å². The maximum atomic E-state index is 5.90. The van der Waals surface area contributed by atoms with Crippen molar-refractivity contribution in [3.05, 3.63) is 29.7 Å². The summed E-state index contributed by atoms with van der Waals surface area (Å²) in [4.78, 5) is 8.25. The molecule has 0 atom stereocenters. The Morgan fingerprint density at radius 3 is 2.93 bits per heavy atom. The first kappa shape index (κ1) is 10.3. The van der Waals surface area contributed by atoms with E-state index in [-0.39, 0.29) is 0 Å². The number of rotatable bonds is 2. The number of halogens is 1. The molecule has 0 amide bonds. The van der Waals surface area contributed by atoms with E-state index >= 15 is 0 Å². The van der Waals surface area contributed by atoms with E-state index in [1.807, 2.05) is 12.1 Å². The molecule has 2 rings (SSSR count). The molecule has 0 unspecified atom stereocenters. The largest absolute Gasteiger partial charge is 0.264 e. The number of thiazole rings is 1. The monoisotopic (exact) mass is 260 g/mol. The maximum absolute atomic E-state index is 5.90. The van der Waals surface area contributed by atoms with Crippen LogP contribution in [0.2, 0.25) is 5.15 Å². The molecule has 0 saturated carbocycles. The first-order chi connectivity index (χ1) is 6.81. The van der Waals surface area contributed by atoms with E-state index in [0.29, 0.717) is 5.15 Å². The van der Waals surface area contributed by atoms with Crippen LogP contribution in [0.1, 0.15) is 0 Å². The minimum absolute atomic E-state index is 0.508. The highest BCUT2D eigenvalue weighted by molar-refractivity contribution is 8.69. The second-order valence-corrected chi connectivity index (χ2v) is 5.18. The van der Waals surface area contributed by atoms with Crippen molar-refractivity contribution < 1.29 is 0 Å². The number of nitrogens with zero attached hydrogens (tertiary/aromatic N) is 2. The van der Waals surface area contributed by atoms with Crippen LogP contribution in [-0.2, 0) is 0 Å². The van der Waals surface area contributed by atoms with Gasteiger partial charge in [0, 0.05) is 18.0 Å². The summed E-state index contributed by atoms with van der Waals surface area (Å²) >= 11 is 11.5. The zero-order valence-corrected chi connectivity index (χ0v) is 10.1. The zero-order valence-electron chi connectivity index (χ0n) is 6.85. The fraction of sp³-hybridized carbons (Fsp3) is 0. The highest BCUT2D eigenvalue weighted by Gasteiger charge is 2.09. The van der Waals surface area contributed by atoms with Gasteiger partial charge >= 0.3 is 0 Å². The third-order valence-electron chi connectivity index (χ3n) is 1.55. The standard InChI is InChI=1S/C8H5ClN2S3/c9-6-8(14-12)13-7(11-6)5-2-1-3-10-4-5/h1-4,12H. The van der Waals surface area contributed by atoms with Crippen molar-refractivity contribution in [1.82, 2.24) is 9.97 Å². The number of hydrogen-bond acceptors (Lipinski definition) is 5. The lowest BCUT2D eigenvalue weighted by Crippen LogP contribution is -1.76. The summed E-state index contributed by atoms with van der Waals surface area (Å²) in [6, 6.07) is 3.83. The van der Waals surface area contributed by atoms with Crippen LogP contribution in [-0.4, -0.2) is 9.97 Å². The average Bonchev–Trinajstić information content (AvgIpc) is 2.61. The predicted molar refractivity (Wildman–Crippen MR) is 65.2 cm³/mol. The molecule has 0 aromatic carbocycles. The van der Waals surface area contributed by atoms with Gasteiger partial charge in [0.1, 0.15) is 9.22 Å². The molecule has 6 heteroatoms. The Morgan fingerprint density at radius 2 is 2.36 bits per heavy atom. The highest BCUT2D eigenvalue weighted by Crippen LogP contribution is 2.38. The van der Waals surface area contributed by atoms with Crippen molar-refractivity contribution in [3.8, 4) is 10.6 Å². The van der Waals surface area contributed by atoms with E-state index in [0.717, 1.165) is 14.8 Å². The van der Waals surface area contributed by atoms with E-state index in [1.165, 1.54) is 22.1 Å². The van der Waals surface area contributed by atoms with E-state index < -0.39 is 0 Å². The van der Waals surface area contributed by atoms with Crippen LogP contribution in [0.4, 0.5) is 0 Å². The second-order valence-electron chi connectivity index (χ2n) is 2.43. The maximum Gasteiger partial charge on any atom is 0.155 e. The lowest BCUT2D eigenvalue weighted by atomic mass is 10.3. The first-order valence-corrected chi connectivity index (χ1v) is 6.75. The molecule has 0 spiro atoms. The smallest absolute Gasteiger partial charge is 0.155 e. The Kier molecular flexibility index (Phi) is 3.33. The second kappa shape index (κ2) is 4.53. The summed E-state index contributed by atoms with van der Waals surface area (Å²) in [7, 11) is 1.31. The van der Waals surface area contributed by atoms with Gasteiger partial charge in [-0.15, -0.1) is 23.0 Å². The molecule has 2 nitrogen and oxygen atoms in total. The SMILES string of the molecule is SSc1sc(-c2cccnc2)nc1Cl. The average molecular weight is 261 g/mol. The van der Waals surface area contributed by atoms with E-state index in [9.17, 15) is 0 Å². The van der Waals surface area contributed by atoms with E-state index in [1.54, 1.807) is 12.4 Å². The van der Waals surface area contributed by atoms with E-state index in [4.69, 9.17) is 11.6 Å². The van der Waals surface area contributed by atoms with Crippen molar-refractivity contribution in [2.24, 2.45) is 0 Å². The molecule has 0 aliphatic carbocycles. The van der Waals surface area contributed by atoms with Crippen LogP contribution >= 0.6 is 45.4 Å². The first-order valence-electron chi connectivity index (χ1n) is 3.69. The minimum Gasteiger partial charge on any atom is -0.264 e. The number of thiol groups is 1. The topological polar surface area (TPSA) is 25.8 Å². The van der Waals surface area contributed by atoms with Crippen molar-refractivity contribution in [1.29, 1.82) is 0 Å². The molecule has 0 aliphatic heterocycles. The summed E-state index contributed by atoms with van der Waals surface area (Å²) in [6.07, 6.45) is 3.50. The van der Waals surface area contributed by atoms with Crippen LogP contribution < -0.4 is 0 Å². The summed E-state index contributed by atoms with van der Waals surface area (Å²) in [5.74, 6) is 0. The predicted octanol–water partition coefficient (Wildman–Crippen LogP) is 3.80. The molecule has 0 saturated heterocycles. The van der Waals surface area contributed by atoms with Crippen LogP contribution in [0.15, 0.2) is 28.7 Å². The van der Waals surface area contributed by atoms with Crippen LogP contribution in [0.5, 0.6) is 0 Å². The summed E-state index contributed by atoms with van der Waals surface area (Å²) in [5.41, 5.74) is 0.980. The fourth-order valence-corrected chi connectivity index (χ4v) is 3.27. The highest BCUT2D eigenvalue weighted by atomic mass is 35.5. The number of hydrogen-bond donors (Lipinski definition) is 1. The quantitative estimate of drug-likeness (QED) is 0.657. The van der Waals surface area contributed by atoms with E-state index in [2.05, 4.69) is 21.6 Å². The summed E-state index contributed by atoms with van der Waals surface area (Å²) < 4.78 is 0.911. The van der Waals surface area contributed by atoms with Gasteiger partial charge in [0.2, 0.25) is 0 Å². The van der Waals surface area contributed by atoms with Gasteiger partial charge in [-0.2, -0.15) is 0 Å². The summed E-state index contributed by atoms with van der Waals surface area (Å²) in [5, 5.41) is 1.38. The molecule has 2 aromatic heterocycles. The lowest BCUT2D eigenvalue weighted by Gasteiger charge is -1.91. The van der Waals surface area contributed by atoms with Crippen LogP contribution in [0.3, 0.4) is 0 Å². The molecule has 0 N–H and O–H groups in total. The number of pyridine rings is 1. The summed E-state index contributed by atoms with van der Waals surface area (Å²) in [6.45, 7) is 0. The normalized spacial score (nSPS) is 10.4. The van der Waals surface area contributed by atoms with Crippen LogP contribution in [0.25, 0.3) is 10.6 Å². The third kappa shape index (κ3) is 2.06. The Morgan fingerprint density at radius 1 is 1.50 bits per heavy atom. The van der Waals surface area contributed by atoms with Crippen molar-refractivity contribution in [2.45, 2.75) is 4.21 Å². The molecule has 0 aliphatic rings. The molecule has 2 heterocycles. The van der Waals surface area contributed by atoms with Gasteiger partial charge in [-0.25, -0.2) is 4.98 Å². The Labute approximate surface area is 99.5 Å². The third-order valence-corrected chi connectivity index (χ3v) is 4.72. The molecule has 0 fully saturated rings. The van der Waals surface area contributed by atoms with Gasteiger partial charge in [-0.1, -0.05) is 11.6 Å². The minimum atomic E-state index is 0.508. The molecular formula is C8H5ClN2S3. The molecule has 2 aromatic rings. The lowest BCUT2D eigenvalue weighted by molar-refractivity contribution is 1.31. The van der Waals surface area contributed by atoms with Crippen molar-refractivity contribution in [2.75, 3.05) is 0 Å². The Bertz CT molecular complexity index is 429. The zero-order chi connectivity index (χ0) is 9.97. The molecule has 0 bridgehead atoms. The molecule has 72 valence electrons. The number of aromatic nitrogens is 2. The molecule has 0 radical (unpaired) electrons. The van der Waals surface area contributed by atoms with Gasteiger partial charge in [-0.05, 0) is 22.9 Å². The fourth-order valence-electron chi connectivity index (χ4n) is 0.957. The molecule has 14 heavy (non-hydrogen) atoms. The van der Waals surface area contributed by atoms with Gasteiger partial charge in [0.15, 0.2) is 5.15 Å². The van der Waals surface area contributed by atoms with Gasteiger partial charge < -0.3 is 0 Å². The molecular weight excluding hydrogens is 256 g/mol. The Balaban J connectivity index is 2.43. The van der Waals surface area contributed by atoms with Crippen molar-refractivity contribution in [3.63, 3.8) is 0 Å². The van der Waals surface area contributed by atoms with Gasteiger partial charge in [0.25, 0.3) is 0 Å². The van der Waals surface area contributed by atoms with Gasteiger partial charge in [0.05, 0.1) is 0 Å².